The van der Waals surface area contributed by atoms with Gasteiger partial charge in [-0.25, -0.2) is 4.79 Å². The normalized spacial score (nSPS) is 13.5. The van der Waals surface area contributed by atoms with E-state index in [0.717, 1.165) is 5.56 Å². The van der Waals surface area contributed by atoms with Crippen LogP contribution >= 0.6 is 0 Å². The number of nitrogens with zero attached hydrogens (tertiary/aromatic N) is 1. The van der Waals surface area contributed by atoms with Gasteiger partial charge in [0.15, 0.2) is 0 Å². The van der Waals surface area contributed by atoms with Crippen LogP contribution in [0, 0.1) is 11.8 Å². The molecule has 1 aromatic heterocycles. The number of carbonyl (C=O) groups is 1. The molecule has 2 N–H and O–H groups in total. The third kappa shape index (κ3) is 8.53. The van der Waals surface area contributed by atoms with E-state index in [1.54, 1.807) is 36.7 Å². The zero-order valence-corrected chi connectivity index (χ0v) is 12.8. The third-order valence-corrected chi connectivity index (χ3v) is 2.61. The first-order valence-electron chi connectivity index (χ1n) is 6.89. The fraction of sp³-hybridized carbons (Fsp3) is 0.294. The summed E-state index contributed by atoms with van der Waals surface area (Å²) in [4.78, 5) is 14.7. The second-order valence-corrected chi connectivity index (χ2v) is 4.40. The molecule has 0 aromatic carbocycles. The van der Waals surface area contributed by atoms with E-state index in [1.807, 2.05) is 6.07 Å². The van der Waals surface area contributed by atoms with Crippen LogP contribution in [0.4, 0.5) is 0 Å². The van der Waals surface area contributed by atoms with E-state index in [0.29, 0.717) is 0 Å². The molecule has 6 nitrogen and oxygen atoms in total. The Hall–Kier alpha value is -2.46. The summed E-state index contributed by atoms with van der Waals surface area (Å²) in [6, 6.07) is 3.64. The number of allylic oxidation sites excluding steroid dienone is 3. The fourth-order valence-corrected chi connectivity index (χ4v) is 1.39. The predicted molar refractivity (Wildman–Crippen MR) is 84.2 cm³/mol. The van der Waals surface area contributed by atoms with Crippen LogP contribution in [0.3, 0.4) is 0 Å². The summed E-state index contributed by atoms with van der Waals surface area (Å²) in [5.41, 5.74) is 0.805. The van der Waals surface area contributed by atoms with Crippen molar-refractivity contribution in [2.75, 3.05) is 20.3 Å². The minimum atomic E-state index is -1.13. The molecule has 122 valence electrons. The van der Waals surface area contributed by atoms with Gasteiger partial charge in [-0.2, -0.15) is 0 Å². The molecule has 0 radical (unpaired) electrons. The Kier molecular flexibility index (Phi) is 9.01. The quantitative estimate of drug-likeness (QED) is 0.431. The van der Waals surface area contributed by atoms with Crippen LogP contribution in [-0.2, 0) is 14.3 Å². The maximum Gasteiger partial charge on any atom is 0.331 e. The highest BCUT2D eigenvalue weighted by atomic mass is 16.6. The van der Waals surface area contributed by atoms with Gasteiger partial charge in [0.1, 0.15) is 18.8 Å². The molecule has 23 heavy (non-hydrogen) atoms. The summed E-state index contributed by atoms with van der Waals surface area (Å²) < 4.78 is 9.28. The average molecular weight is 317 g/mol. The van der Waals surface area contributed by atoms with Crippen LogP contribution in [0.15, 0.2) is 48.8 Å². The Balaban J connectivity index is 2.31. The van der Waals surface area contributed by atoms with Gasteiger partial charge in [-0.15, -0.1) is 0 Å². The van der Waals surface area contributed by atoms with Gasteiger partial charge in [-0.3, -0.25) is 4.98 Å². The van der Waals surface area contributed by atoms with Crippen molar-refractivity contribution < 1.29 is 24.5 Å². The van der Waals surface area contributed by atoms with Gasteiger partial charge in [0, 0.05) is 18.0 Å². The van der Waals surface area contributed by atoms with Crippen LogP contribution in [0.25, 0.3) is 0 Å². The summed E-state index contributed by atoms with van der Waals surface area (Å²) in [6.45, 7) is -0.445. The molecule has 0 amide bonds. The standard InChI is InChI=1S/C17H19NO5/c1-22-17(21)13-23-12-16(20)15(19)9-5-3-2-4-7-14-8-6-10-18-11-14/h2-3,5-6,8-11,15-16,19-20H,12-13H2,1H3/b3-2+,9-5+/t15-,16+/m1/s1. The van der Waals surface area contributed by atoms with Crippen molar-refractivity contribution in [2.45, 2.75) is 12.2 Å². The van der Waals surface area contributed by atoms with E-state index in [-0.39, 0.29) is 13.2 Å². The second kappa shape index (κ2) is 11.2. The topological polar surface area (TPSA) is 88.9 Å². The number of hydrogen-bond donors (Lipinski definition) is 2. The lowest BCUT2D eigenvalue weighted by Gasteiger charge is -2.13. The number of carbonyl (C=O) groups excluding carboxylic acids is 1. The molecule has 0 bridgehead atoms. The van der Waals surface area contributed by atoms with Gasteiger partial charge in [-0.1, -0.05) is 30.1 Å². The number of ether oxygens (including phenoxy) is 2. The Morgan fingerprint density at radius 3 is 2.96 bits per heavy atom. The summed E-state index contributed by atoms with van der Waals surface area (Å²) >= 11 is 0. The molecule has 0 saturated carbocycles. The van der Waals surface area contributed by atoms with Gasteiger partial charge in [0.2, 0.25) is 0 Å². The zero-order valence-electron chi connectivity index (χ0n) is 12.8. The highest BCUT2D eigenvalue weighted by Gasteiger charge is 2.13. The van der Waals surface area contributed by atoms with Crippen LogP contribution in [0.1, 0.15) is 5.56 Å². The summed E-state index contributed by atoms with van der Waals surface area (Å²) in [6.07, 6.45) is 7.29. The van der Waals surface area contributed by atoms with Crippen molar-refractivity contribution in [3.8, 4) is 11.8 Å². The highest BCUT2D eigenvalue weighted by molar-refractivity contribution is 5.70. The Bertz CT molecular complexity index is 586. The van der Waals surface area contributed by atoms with E-state index in [1.165, 1.54) is 13.2 Å². The highest BCUT2D eigenvalue weighted by Crippen LogP contribution is 1.97. The second-order valence-electron chi connectivity index (χ2n) is 4.40. The molecular weight excluding hydrogens is 298 g/mol. The van der Waals surface area contributed by atoms with E-state index < -0.39 is 18.2 Å². The monoisotopic (exact) mass is 317 g/mol. The fourth-order valence-electron chi connectivity index (χ4n) is 1.39. The van der Waals surface area contributed by atoms with Crippen molar-refractivity contribution in [1.82, 2.24) is 4.98 Å². The molecular formula is C17H19NO5. The minimum absolute atomic E-state index is 0.175. The first-order chi connectivity index (χ1) is 11.1. The zero-order chi connectivity index (χ0) is 16.9. The summed E-state index contributed by atoms with van der Waals surface area (Å²) in [7, 11) is 1.24. The Morgan fingerprint density at radius 1 is 1.43 bits per heavy atom. The van der Waals surface area contributed by atoms with Crippen molar-refractivity contribution in [3.63, 3.8) is 0 Å². The third-order valence-electron chi connectivity index (χ3n) is 2.61. The molecule has 1 aromatic rings. The van der Waals surface area contributed by atoms with Gasteiger partial charge < -0.3 is 19.7 Å². The number of aromatic nitrogens is 1. The predicted octanol–water partition coefficient (Wildman–Crippen LogP) is 0.457. The van der Waals surface area contributed by atoms with E-state index in [4.69, 9.17) is 4.74 Å². The van der Waals surface area contributed by atoms with E-state index in [9.17, 15) is 15.0 Å². The van der Waals surface area contributed by atoms with Crippen molar-refractivity contribution >= 4 is 5.97 Å². The number of methoxy groups -OCH3 is 1. The first kappa shape index (κ1) is 18.6. The lowest BCUT2D eigenvalue weighted by Crippen LogP contribution is -2.30. The summed E-state index contributed by atoms with van der Waals surface area (Å²) in [5, 5.41) is 19.3. The van der Waals surface area contributed by atoms with Crippen molar-refractivity contribution in [3.05, 3.63) is 54.4 Å². The van der Waals surface area contributed by atoms with Crippen LogP contribution in [0.2, 0.25) is 0 Å². The molecule has 0 fully saturated rings. The number of aliphatic hydroxyl groups excluding tert-OH is 2. The SMILES string of the molecule is COC(=O)COC[C@H](O)[C@H](O)/C=C/C=C/C#Cc1cccnc1. The van der Waals surface area contributed by atoms with Gasteiger partial charge in [0.25, 0.3) is 0 Å². The summed E-state index contributed by atoms with van der Waals surface area (Å²) in [5.74, 6) is 5.16. The number of hydrogen-bond acceptors (Lipinski definition) is 6. The molecule has 0 aliphatic heterocycles. The molecule has 2 atom stereocenters. The van der Waals surface area contributed by atoms with Crippen molar-refractivity contribution in [2.24, 2.45) is 0 Å². The molecule has 1 heterocycles. The molecule has 0 aliphatic rings. The smallest absolute Gasteiger partial charge is 0.331 e. The van der Waals surface area contributed by atoms with Crippen molar-refractivity contribution in [1.29, 1.82) is 0 Å². The van der Waals surface area contributed by atoms with E-state index >= 15 is 0 Å². The largest absolute Gasteiger partial charge is 0.467 e. The number of pyridine rings is 1. The Morgan fingerprint density at radius 2 is 2.26 bits per heavy atom. The van der Waals surface area contributed by atoms with Gasteiger partial charge >= 0.3 is 5.97 Å². The van der Waals surface area contributed by atoms with E-state index in [2.05, 4.69) is 21.6 Å². The van der Waals surface area contributed by atoms with Crippen LogP contribution < -0.4 is 0 Å². The molecule has 0 saturated heterocycles. The maximum atomic E-state index is 10.8. The first-order valence-corrected chi connectivity index (χ1v) is 6.89. The molecule has 0 aliphatic carbocycles. The van der Waals surface area contributed by atoms with Crippen LogP contribution in [0.5, 0.6) is 0 Å². The number of rotatable bonds is 7. The molecule has 6 heteroatoms. The van der Waals surface area contributed by atoms with Gasteiger partial charge in [0.05, 0.1) is 13.7 Å². The lowest BCUT2D eigenvalue weighted by molar-refractivity contribution is -0.147. The molecule has 0 spiro atoms. The minimum Gasteiger partial charge on any atom is -0.467 e. The molecule has 0 unspecified atom stereocenters. The van der Waals surface area contributed by atoms with Crippen LogP contribution in [-0.4, -0.2) is 53.7 Å². The number of aliphatic hydroxyl groups is 2. The Labute approximate surface area is 135 Å². The number of esters is 1. The maximum absolute atomic E-state index is 10.8. The molecule has 1 rings (SSSR count). The lowest BCUT2D eigenvalue weighted by atomic mass is 10.2. The van der Waals surface area contributed by atoms with Gasteiger partial charge in [-0.05, 0) is 18.2 Å². The average Bonchev–Trinajstić information content (AvgIpc) is 2.58.